The highest BCUT2D eigenvalue weighted by Gasteiger charge is 2.48. The lowest BCUT2D eigenvalue weighted by atomic mass is 9.79. The molecular formula is C20H28O4S. The molecule has 1 N–H and O–H groups in total. The fourth-order valence-electron chi connectivity index (χ4n) is 4.03. The summed E-state index contributed by atoms with van der Waals surface area (Å²) in [6, 6.07) is 10.0. The molecule has 2 heterocycles. The van der Waals surface area contributed by atoms with Crippen LogP contribution in [0.2, 0.25) is 0 Å². The van der Waals surface area contributed by atoms with Crippen molar-refractivity contribution < 1.29 is 19.4 Å². The van der Waals surface area contributed by atoms with E-state index in [0.717, 1.165) is 43.1 Å². The number of ether oxygens (including phenoxy) is 2. The van der Waals surface area contributed by atoms with Gasteiger partial charge in [-0.15, -0.1) is 0 Å². The van der Waals surface area contributed by atoms with Crippen molar-refractivity contribution in [2.45, 2.75) is 50.7 Å². The number of aliphatic carboxylic acids is 1. The molecule has 25 heavy (non-hydrogen) atoms. The molecule has 2 fully saturated rings. The minimum absolute atomic E-state index is 0.289. The number of carbonyl (C=O) groups is 1. The maximum atomic E-state index is 10.5. The highest BCUT2D eigenvalue weighted by Crippen LogP contribution is 2.46. The minimum atomic E-state index is -0.690. The molecule has 0 amide bonds. The van der Waals surface area contributed by atoms with Crippen LogP contribution in [0.3, 0.4) is 0 Å². The molecule has 2 aliphatic rings. The molecule has 0 saturated carbocycles. The van der Waals surface area contributed by atoms with E-state index in [0.29, 0.717) is 24.0 Å². The van der Waals surface area contributed by atoms with Crippen LogP contribution in [0.15, 0.2) is 30.3 Å². The Hall–Kier alpha value is -1.20. The lowest BCUT2D eigenvalue weighted by molar-refractivity contribution is -0.137. The number of unbranched alkanes of at least 4 members (excludes halogenated alkanes) is 1. The summed E-state index contributed by atoms with van der Waals surface area (Å²) in [5.41, 5.74) is 0. The van der Waals surface area contributed by atoms with Gasteiger partial charge in [0.05, 0.1) is 18.8 Å². The molecule has 1 aromatic carbocycles. The highest BCUT2D eigenvalue weighted by molar-refractivity contribution is 7.99. The van der Waals surface area contributed by atoms with Crippen LogP contribution in [0.4, 0.5) is 0 Å². The molecule has 0 aromatic heterocycles. The first-order chi connectivity index (χ1) is 12.2. The van der Waals surface area contributed by atoms with Crippen molar-refractivity contribution in [1.29, 1.82) is 0 Å². The Kier molecular flexibility index (Phi) is 7.05. The van der Waals surface area contributed by atoms with Gasteiger partial charge in [0.25, 0.3) is 0 Å². The van der Waals surface area contributed by atoms with E-state index in [1.165, 1.54) is 12.8 Å². The molecule has 138 valence electrons. The first-order valence-corrected chi connectivity index (χ1v) is 10.5. The topological polar surface area (TPSA) is 55.8 Å². The van der Waals surface area contributed by atoms with Gasteiger partial charge in [-0.2, -0.15) is 11.8 Å². The summed E-state index contributed by atoms with van der Waals surface area (Å²) in [7, 11) is 0. The first-order valence-electron chi connectivity index (χ1n) is 9.37. The number of carboxylic acid groups (broad SMARTS) is 1. The summed E-state index contributed by atoms with van der Waals surface area (Å²) in [5.74, 6) is 3.66. The van der Waals surface area contributed by atoms with Gasteiger partial charge < -0.3 is 14.6 Å². The van der Waals surface area contributed by atoms with Gasteiger partial charge in [0.2, 0.25) is 0 Å². The van der Waals surface area contributed by atoms with E-state index in [1.54, 1.807) is 0 Å². The van der Waals surface area contributed by atoms with E-state index in [9.17, 15) is 4.79 Å². The maximum Gasteiger partial charge on any atom is 0.303 e. The predicted octanol–water partition coefficient (Wildman–Crippen LogP) is 4.24. The van der Waals surface area contributed by atoms with Crippen molar-refractivity contribution in [3.8, 4) is 5.75 Å². The Morgan fingerprint density at radius 1 is 1.16 bits per heavy atom. The van der Waals surface area contributed by atoms with E-state index in [4.69, 9.17) is 14.6 Å². The average Bonchev–Trinajstić information content (AvgIpc) is 3.21. The molecule has 0 spiro atoms. The SMILES string of the molecule is O=C(O)CCCCSCC1C2CCC(O2)C1CCOc1ccccc1. The fraction of sp³-hybridized carbons (Fsp3) is 0.650. The molecule has 1 aromatic rings. The van der Waals surface area contributed by atoms with Crippen molar-refractivity contribution in [2.24, 2.45) is 11.8 Å². The Morgan fingerprint density at radius 2 is 1.92 bits per heavy atom. The molecule has 3 rings (SSSR count). The van der Waals surface area contributed by atoms with Crippen molar-refractivity contribution in [3.05, 3.63) is 30.3 Å². The molecule has 4 unspecified atom stereocenters. The summed E-state index contributed by atoms with van der Waals surface area (Å²) in [6.07, 6.45) is 6.35. The Morgan fingerprint density at radius 3 is 2.68 bits per heavy atom. The number of fused-ring (bicyclic) bond motifs is 2. The minimum Gasteiger partial charge on any atom is -0.494 e. The van der Waals surface area contributed by atoms with Crippen LogP contribution in [-0.4, -0.2) is 41.4 Å². The molecule has 5 heteroatoms. The van der Waals surface area contributed by atoms with Gasteiger partial charge in [-0.3, -0.25) is 4.79 Å². The largest absolute Gasteiger partial charge is 0.494 e. The van der Waals surface area contributed by atoms with Crippen LogP contribution in [0.1, 0.15) is 38.5 Å². The van der Waals surface area contributed by atoms with E-state index >= 15 is 0 Å². The van der Waals surface area contributed by atoms with Gasteiger partial charge in [0.15, 0.2) is 0 Å². The third-order valence-corrected chi connectivity index (χ3v) is 6.49. The molecule has 2 saturated heterocycles. The second-order valence-electron chi connectivity index (χ2n) is 6.99. The van der Waals surface area contributed by atoms with Crippen LogP contribution in [-0.2, 0) is 9.53 Å². The van der Waals surface area contributed by atoms with Crippen molar-refractivity contribution in [3.63, 3.8) is 0 Å². The van der Waals surface area contributed by atoms with E-state index in [-0.39, 0.29) is 6.42 Å². The summed E-state index contributed by atoms with van der Waals surface area (Å²) >= 11 is 1.96. The average molecular weight is 365 g/mol. The third-order valence-electron chi connectivity index (χ3n) is 5.29. The molecule has 2 aliphatic heterocycles. The fourth-order valence-corrected chi connectivity index (χ4v) is 5.34. The molecule has 4 atom stereocenters. The van der Waals surface area contributed by atoms with Gasteiger partial charge in [-0.1, -0.05) is 18.2 Å². The number of carboxylic acids is 1. The zero-order valence-electron chi connectivity index (χ0n) is 14.6. The number of thioether (sulfide) groups is 1. The molecule has 0 radical (unpaired) electrons. The highest BCUT2D eigenvalue weighted by atomic mass is 32.2. The van der Waals surface area contributed by atoms with Crippen LogP contribution < -0.4 is 4.74 Å². The molecule has 2 bridgehead atoms. The Balaban J connectivity index is 1.38. The summed E-state index contributed by atoms with van der Waals surface area (Å²) in [6.45, 7) is 0.751. The second kappa shape index (κ2) is 9.48. The van der Waals surface area contributed by atoms with Crippen LogP contribution >= 0.6 is 11.8 Å². The zero-order chi connectivity index (χ0) is 17.5. The van der Waals surface area contributed by atoms with Crippen molar-refractivity contribution >= 4 is 17.7 Å². The number of rotatable bonds is 11. The van der Waals surface area contributed by atoms with Gasteiger partial charge >= 0.3 is 5.97 Å². The van der Waals surface area contributed by atoms with Gasteiger partial charge in [0, 0.05) is 6.42 Å². The summed E-state index contributed by atoms with van der Waals surface area (Å²) in [5, 5.41) is 8.68. The Labute approximate surface area is 154 Å². The van der Waals surface area contributed by atoms with Crippen LogP contribution in [0.5, 0.6) is 5.75 Å². The van der Waals surface area contributed by atoms with Gasteiger partial charge in [-0.05, 0) is 67.6 Å². The quantitative estimate of drug-likeness (QED) is 0.595. The van der Waals surface area contributed by atoms with E-state index in [1.807, 2.05) is 42.1 Å². The number of hydrogen-bond acceptors (Lipinski definition) is 4. The lowest BCUT2D eigenvalue weighted by Gasteiger charge is -2.27. The molecular weight excluding hydrogens is 336 g/mol. The second-order valence-corrected chi connectivity index (χ2v) is 8.14. The lowest BCUT2D eigenvalue weighted by Crippen LogP contribution is -2.30. The summed E-state index contributed by atoms with van der Waals surface area (Å²) in [4.78, 5) is 10.5. The molecule has 0 aliphatic carbocycles. The van der Waals surface area contributed by atoms with Crippen LogP contribution in [0, 0.1) is 11.8 Å². The maximum absolute atomic E-state index is 10.5. The van der Waals surface area contributed by atoms with E-state index < -0.39 is 5.97 Å². The standard InChI is InChI=1S/C20H28O4S/c21-20(22)8-4-5-13-25-14-17-16(18-9-10-19(17)24-18)11-12-23-15-6-2-1-3-7-15/h1-3,6-7,16-19H,4-5,8-14H2,(H,21,22). The van der Waals surface area contributed by atoms with E-state index in [2.05, 4.69) is 0 Å². The number of benzene rings is 1. The normalized spacial score (nSPS) is 27.5. The van der Waals surface area contributed by atoms with Gasteiger partial charge in [-0.25, -0.2) is 0 Å². The predicted molar refractivity (Wildman–Crippen MR) is 100 cm³/mol. The number of para-hydroxylation sites is 1. The van der Waals surface area contributed by atoms with Crippen LogP contribution in [0.25, 0.3) is 0 Å². The summed E-state index contributed by atoms with van der Waals surface area (Å²) < 4.78 is 12.0. The smallest absolute Gasteiger partial charge is 0.303 e. The van der Waals surface area contributed by atoms with Crippen molar-refractivity contribution in [2.75, 3.05) is 18.1 Å². The number of hydrogen-bond donors (Lipinski definition) is 1. The third kappa shape index (κ3) is 5.38. The zero-order valence-corrected chi connectivity index (χ0v) is 15.5. The monoisotopic (exact) mass is 364 g/mol. The first kappa shape index (κ1) is 18.6. The van der Waals surface area contributed by atoms with Gasteiger partial charge in [0.1, 0.15) is 5.75 Å². The Bertz CT molecular complexity index is 536. The molecule has 4 nitrogen and oxygen atoms in total. The van der Waals surface area contributed by atoms with Crippen molar-refractivity contribution in [1.82, 2.24) is 0 Å².